The molecule has 1 aromatic carbocycles. The number of methoxy groups -OCH3 is 1. The van der Waals surface area contributed by atoms with Gasteiger partial charge < -0.3 is 14.5 Å². The molecule has 0 radical (unpaired) electrons. The second-order valence-electron chi connectivity index (χ2n) is 9.47. The van der Waals surface area contributed by atoms with E-state index in [1.54, 1.807) is 12.0 Å². The van der Waals surface area contributed by atoms with Crippen molar-refractivity contribution in [2.75, 3.05) is 18.6 Å². The molecule has 2 aromatic rings. The molecule has 2 heterocycles. The molecule has 1 aromatic heterocycles. The van der Waals surface area contributed by atoms with E-state index in [4.69, 9.17) is 9.84 Å². The summed E-state index contributed by atoms with van der Waals surface area (Å²) in [5.41, 5.74) is 3.03. The van der Waals surface area contributed by atoms with Crippen LogP contribution in [0.25, 0.3) is 0 Å². The molecule has 2 saturated carbocycles. The maximum atomic E-state index is 13.7. The van der Waals surface area contributed by atoms with Gasteiger partial charge in [0.05, 0.1) is 25.3 Å². The molecule has 0 N–H and O–H groups in total. The lowest BCUT2D eigenvalue weighted by atomic mass is 10.0. The van der Waals surface area contributed by atoms with E-state index in [1.165, 1.54) is 18.5 Å². The number of hydrogen-bond donors (Lipinski definition) is 0. The summed E-state index contributed by atoms with van der Waals surface area (Å²) in [7, 11) is 3.61. The quantitative estimate of drug-likeness (QED) is 0.665. The standard InChI is InChI=1S/C25H32N4O3/c1-27-23(17-10-11-17)13-19(26-27)16-29(20-6-3-4-7-20)25(31)18-12-24(30)28(15-18)21-8-5-9-22(14-21)32-2/h5,8-9,13-14,17-18,20H,3-4,6-7,10-12,15-16H2,1-2H3. The van der Waals surface area contributed by atoms with E-state index >= 15 is 0 Å². The molecule has 2 aliphatic carbocycles. The fourth-order valence-electron chi connectivity index (χ4n) is 5.29. The molecule has 5 rings (SSSR count). The highest BCUT2D eigenvalue weighted by Gasteiger charge is 2.40. The van der Waals surface area contributed by atoms with Gasteiger partial charge in [0.2, 0.25) is 11.8 Å². The zero-order valence-electron chi connectivity index (χ0n) is 19.0. The van der Waals surface area contributed by atoms with Gasteiger partial charge in [-0.1, -0.05) is 18.9 Å². The number of aryl methyl sites for hydroxylation is 1. The molecule has 7 nitrogen and oxygen atoms in total. The molecule has 3 aliphatic rings. The molecule has 1 saturated heterocycles. The summed E-state index contributed by atoms with van der Waals surface area (Å²) >= 11 is 0. The molecular weight excluding hydrogens is 404 g/mol. The smallest absolute Gasteiger partial charge is 0.228 e. The summed E-state index contributed by atoms with van der Waals surface area (Å²) in [6.07, 6.45) is 7.10. The number of ether oxygens (including phenoxy) is 1. The van der Waals surface area contributed by atoms with Crippen LogP contribution in [-0.4, -0.2) is 46.2 Å². The number of nitrogens with zero attached hydrogens (tertiary/aromatic N) is 4. The summed E-state index contributed by atoms with van der Waals surface area (Å²) in [5, 5.41) is 4.72. The molecule has 1 atom stereocenters. The number of carbonyl (C=O) groups is 2. The number of rotatable bonds is 7. The van der Waals surface area contributed by atoms with Crippen LogP contribution in [0.2, 0.25) is 0 Å². The number of aromatic nitrogens is 2. The van der Waals surface area contributed by atoms with Crippen molar-refractivity contribution in [3.8, 4) is 5.75 Å². The Hall–Kier alpha value is -2.83. The van der Waals surface area contributed by atoms with E-state index in [-0.39, 0.29) is 30.2 Å². The van der Waals surface area contributed by atoms with Gasteiger partial charge in [-0.3, -0.25) is 14.3 Å². The van der Waals surface area contributed by atoms with Gasteiger partial charge in [-0.2, -0.15) is 5.10 Å². The van der Waals surface area contributed by atoms with Gasteiger partial charge in [-0.15, -0.1) is 0 Å². The summed E-state index contributed by atoms with van der Waals surface area (Å²) < 4.78 is 7.29. The van der Waals surface area contributed by atoms with Crippen LogP contribution in [0.3, 0.4) is 0 Å². The largest absolute Gasteiger partial charge is 0.497 e. The highest BCUT2D eigenvalue weighted by Crippen LogP contribution is 2.40. The summed E-state index contributed by atoms with van der Waals surface area (Å²) in [6, 6.07) is 9.91. The Morgan fingerprint density at radius 2 is 1.97 bits per heavy atom. The van der Waals surface area contributed by atoms with Crippen molar-refractivity contribution in [2.24, 2.45) is 13.0 Å². The summed E-state index contributed by atoms with van der Waals surface area (Å²) in [4.78, 5) is 30.3. The van der Waals surface area contributed by atoms with Crippen LogP contribution in [0, 0.1) is 5.92 Å². The van der Waals surface area contributed by atoms with E-state index in [0.29, 0.717) is 24.8 Å². The highest BCUT2D eigenvalue weighted by atomic mass is 16.5. The topological polar surface area (TPSA) is 67.7 Å². The SMILES string of the molecule is COc1cccc(N2CC(C(=O)N(Cc3cc(C4CC4)n(C)n3)C3CCCC3)CC2=O)c1. The van der Waals surface area contributed by atoms with Crippen LogP contribution in [0.1, 0.15) is 62.3 Å². The van der Waals surface area contributed by atoms with Gasteiger partial charge >= 0.3 is 0 Å². The maximum Gasteiger partial charge on any atom is 0.228 e. The lowest BCUT2D eigenvalue weighted by Gasteiger charge is -2.30. The van der Waals surface area contributed by atoms with E-state index < -0.39 is 0 Å². The fraction of sp³-hybridized carbons (Fsp3) is 0.560. The van der Waals surface area contributed by atoms with Crippen molar-refractivity contribution in [3.63, 3.8) is 0 Å². The van der Waals surface area contributed by atoms with Crippen molar-refractivity contribution in [1.82, 2.24) is 14.7 Å². The van der Waals surface area contributed by atoms with E-state index in [9.17, 15) is 9.59 Å². The lowest BCUT2D eigenvalue weighted by Crippen LogP contribution is -2.42. The third-order valence-corrected chi connectivity index (χ3v) is 7.18. The number of amides is 2. The number of hydrogen-bond acceptors (Lipinski definition) is 4. The molecular formula is C25H32N4O3. The minimum atomic E-state index is -0.319. The van der Waals surface area contributed by atoms with Gasteiger partial charge in [-0.05, 0) is 43.9 Å². The van der Waals surface area contributed by atoms with Crippen LogP contribution in [0.5, 0.6) is 5.75 Å². The van der Waals surface area contributed by atoms with Crippen molar-refractivity contribution < 1.29 is 14.3 Å². The first-order valence-corrected chi connectivity index (χ1v) is 11.8. The van der Waals surface area contributed by atoms with Gasteiger partial charge in [0.15, 0.2) is 0 Å². The van der Waals surface area contributed by atoms with E-state index in [2.05, 4.69) is 6.07 Å². The van der Waals surface area contributed by atoms with Crippen molar-refractivity contribution >= 4 is 17.5 Å². The van der Waals surface area contributed by atoms with E-state index in [0.717, 1.165) is 37.1 Å². The summed E-state index contributed by atoms with van der Waals surface area (Å²) in [5.74, 6) is 1.10. The van der Waals surface area contributed by atoms with Crippen LogP contribution in [0.15, 0.2) is 30.3 Å². The minimum Gasteiger partial charge on any atom is -0.497 e. The zero-order chi connectivity index (χ0) is 22.2. The monoisotopic (exact) mass is 436 g/mol. The van der Waals surface area contributed by atoms with Crippen LogP contribution < -0.4 is 9.64 Å². The first-order chi connectivity index (χ1) is 15.5. The minimum absolute atomic E-state index is 0.00293. The molecule has 1 aliphatic heterocycles. The molecule has 32 heavy (non-hydrogen) atoms. The molecule has 170 valence electrons. The van der Waals surface area contributed by atoms with Crippen molar-refractivity contribution in [3.05, 3.63) is 41.7 Å². The summed E-state index contributed by atoms with van der Waals surface area (Å²) in [6.45, 7) is 0.956. The van der Waals surface area contributed by atoms with Gasteiger partial charge in [-0.25, -0.2) is 0 Å². The normalized spacial score (nSPS) is 21.4. The zero-order valence-corrected chi connectivity index (χ0v) is 19.0. The van der Waals surface area contributed by atoms with Crippen LogP contribution in [0.4, 0.5) is 5.69 Å². The molecule has 2 amide bonds. The second kappa shape index (κ2) is 8.60. The average Bonchev–Trinajstić information content (AvgIpc) is 3.18. The third kappa shape index (κ3) is 4.12. The first kappa shape index (κ1) is 21.0. The predicted octanol–water partition coefficient (Wildman–Crippen LogP) is 3.63. The number of anilines is 1. The maximum absolute atomic E-state index is 13.7. The molecule has 0 bridgehead atoms. The van der Waals surface area contributed by atoms with Crippen LogP contribution >= 0.6 is 0 Å². The first-order valence-electron chi connectivity index (χ1n) is 11.8. The Balaban J connectivity index is 1.34. The number of carbonyl (C=O) groups excluding carboxylic acids is 2. The van der Waals surface area contributed by atoms with Gasteiger partial charge in [0.25, 0.3) is 0 Å². The second-order valence-corrected chi connectivity index (χ2v) is 9.47. The molecule has 7 heteroatoms. The lowest BCUT2D eigenvalue weighted by molar-refractivity contribution is -0.138. The Bertz CT molecular complexity index is 1010. The third-order valence-electron chi connectivity index (χ3n) is 7.18. The average molecular weight is 437 g/mol. The fourth-order valence-corrected chi connectivity index (χ4v) is 5.29. The number of benzene rings is 1. The van der Waals surface area contributed by atoms with Gasteiger partial charge in [0.1, 0.15) is 5.75 Å². The van der Waals surface area contributed by atoms with E-state index in [1.807, 2.05) is 40.9 Å². The van der Waals surface area contributed by atoms with Crippen molar-refractivity contribution in [1.29, 1.82) is 0 Å². The van der Waals surface area contributed by atoms with Crippen LogP contribution in [-0.2, 0) is 23.2 Å². The Kier molecular flexibility index (Phi) is 5.66. The van der Waals surface area contributed by atoms with Gasteiger partial charge in [0, 0.05) is 49.4 Å². The van der Waals surface area contributed by atoms with Crippen molar-refractivity contribution in [2.45, 2.75) is 63.5 Å². The molecule has 0 spiro atoms. The predicted molar refractivity (Wildman–Crippen MR) is 121 cm³/mol. The Labute approximate surface area is 189 Å². The molecule has 1 unspecified atom stereocenters. The highest BCUT2D eigenvalue weighted by molar-refractivity contribution is 6.00. The Morgan fingerprint density at radius 3 is 2.69 bits per heavy atom. The molecule has 3 fully saturated rings. The Morgan fingerprint density at radius 1 is 1.19 bits per heavy atom.